The summed E-state index contributed by atoms with van der Waals surface area (Å²) in [6.07, 6.45) is 0. The number of nitrogens with two attached hydrogens (primary N) is 1. The van der Waals surface area contributed by atoms with Crippen LogP contribution in [0.2, 0.25) is 0 Å². The molecule has 2 atom stereocenters. The summed E-state index contributed by atoms with van der Waals surface area (Å²) in [7, 11) is 0. The van der Waals surface area contributed by atoms with Crippen LogP contribution >= 0.6 is 0 Å². The monoisotopic (exact) mass is 228 g/mol. The van der Waals surface area contributed by atoms with Gasteiger partial charge in [0.25, 0.3) is 11.8 Å². The van der Waals surface area contributed by atoms with E-state index in [9.17, 15) is 14.4 Å². The molecule has 4 N–H and O–H groups in total. The van der Waals surface area contributed by atoms with Gasteiger partial charge >= 0.3 is 6.03 Å². The fraction of sp³-hybridized carbons (Fsp3) is 0.667. The van der Waals surface area contributed by atoms with Gasteiger partial charge in [0.15, 0.2) is 0 Å². The lowest BCUT2D eigenvalue weighted by molar-refractivity contribution is -0.127. The quantitative estimate of drug-likeness (QED) is 0.248. The van der Waals surface area contributed by atoms with E-state index in [0.717, 1.165) is 0 Å². The van der Waals surface area contributed by atoms with Crippen molar-refractivity contribution in [2.45, 2.75) is 32.9 Å². The summed E-state index contributed by atoms with van der Waals surface area (Å²) in [5, 5.41) is 2.19. The molecule has 0 radical (unpaired) electrons. The van der Waals surface area contributed by atoms with E-state index in [4.69, 9.17) is 5.84 Å². The number of carbonyl (C=O) groups is 3. The summed E-state index contributed by atoms with van der Waals surface area (Å²) in [6, 6.07) is -1.96. The molecule has 4 amide bonds. The molecular weight excluding hydrogens is 212 g/mol. The minimum Gasteiger partial charge on any atom is -0.300 e. The van der Waals surface area contributed by atoms with Crippen LogP contribution in [-0.2, 0) is 9.59 Å². The van der Waals surface area contributed by atoms with Gasteiger partial charge in [-0.25, -0.2) is 10.6 Å². The summed E-state index contributed by atoms with van der Waals surface area (Å²) in [5.41, 5.74) is 1.96. The standard InChI is InChI=1S/C9H16N4O3/c1-4(2)6-8(15)11-9(16)13(6)5(3)7(14)12-10/h4-6H,10H2,1-3H3,(H,12,14)(H,11,15,16). The lowest BCUT2D eigenvalue weighted by atomic mass is 10.0. The number of hydrazine groups is 1. The third-order valence-corrected chi connectivity index (χ3v) is 2.60. The van der Waals surface area contributed by atoms with Crippen LogP contribution in [0.5, 0.6) is 0 Å². The zero-order chi connectivity index (χ0) is 12.5. The first-order valence-corrected chi connectivity index (χ1v) is 5.03. The maximum absolute atomic E-state index is 11.5. The second-order valence-corrected chi connectivity index (χ2v) is 4.08. The molecule has 0 aromatic heterocycles. The normalized spacial score (nSPS) is 22.3. The number of urea groups is 1. The minimum atomic E-state index is -0.774. The van der Waals surface area contributed by atoms with E-state index in [2.05, 4.69) is 5.32 Å². The molecule has 0 aliphatic carbocycles. The van der Waals surface area contributed by atoms with Gasteiger partial charge in [0, 0.05) is 0 Å². The molecule has 1 heterocycles. The van der Waals surface area contributed by atoms with Crippen molar-refractivity contribution in [1.82, 2.24) is 15.6 Å². The molecule has 1 aliphatic heterocycles. The van der Waals surface area contributed by atoms with Gasteiger partial charge in [0.2, 0.25) is 0 Å². The van der Waals surface area contributed by atoms with Crippen LogP contribution in [0.15, 0.2) is 0 Å². The maximum atomic E-state index is 11.5. The van der Waals surface area contributed by atoms with Gasteiger partial charge < -0.3 is 4.90 Å². The Morgan fingerprint density at radius 1 is 1.44 bits per heavy atom. The molecule has 1 aliphatic rings. The van der Waals surface area contributed by atoms with Gasteiger partial charge in [0.1, 0.15) is 12.1 Å². The number of carbonyl (C=O) groups excluding carboxylic acids is 3. The number of amides is 4. The predicted octanol–water partition coefficient (Wildman–Crippen LogP) is -1.06. The van der Waals surface area contributed by atoms with Gasteiger partial charge in [-0.05, 0) is 12.8 Å². The van der Waals surface area contributed by atoms with Crippen molar-refractivity contribution in [2.24, 2.45) is 11.8 Å². The summed E-state index contributed by atoms with van der Waals surface area (Å²) in [6.45, 7) is 5.14. The SMILES string of the molecule is CC(C)C1C(=O)NC(=O)N1C(C)C(=O)NN. The smallest absolute Gasteiger partial charge is 0.300 e. The van der Waals surface area contributed by atoms with Crippen molar-refractivity contribution in [1.29, 1.82) is 0 Å². The average Bonchev–Trinajstić information content (AvgIpc) is 2.51. The fourth-order valence-electron chi connectivity index (χ4n) is 1.78. The topological polar surface area (TPSA) is 105 Å². The van der Waals surface area contributed by atoms with Crippen molar-refractivity contribution >= 4 is 17.8 Å². The van der Waals surface area contributed by atoms with Crippen LogP contribution < -0.4 is 16.6 Å². The highest BCUT2D eigenvalue weighted by Gasteiger charge is 2.44. The highest BCUT2D eigenvalue weighted by atomic mass is 16.2. The second kappa shape index (κ2) is 4.48. The lowest BCUT2D eigenvalue weighted by Crippen LogP contribution is -2.52. The number of hydrogen-bond donors (Lipinski definition) is 3. The van der Waals surface area contributed by atoms with Crippen LogP contribution in [0, 0.1) is 5.92 Å². The van der Waals surface area contributed by atoms with E-state index in [1.165, 1.54) is 11.8 Å². The van der Waals surface area contributed by atoms with E-state index in [1.807, 2.05) is 19.3 Å². The zero-order valence-electron chi connectivity index (χ0n) is 9.48. The van der Waals surface area contributed by atoms with E-state index in [1.54, 1.807) is 0 Å². The van der Waals surface area contributed by atoms with Crippen LogP contribution in [0.3, 0.4) is 0 Å². The molecule has 16 heavy (non-hydrogen) atoms. The highest BCUT2D eigenvalue weighted by molar-refractivity contribution is 6.06. The van der Waals surface area contributed by atoms with Crippen LogP contribution in [0.4, 0.5) is 4.79 Å². The summed E-state index contributed by atoms with van der Waals surface area (Å²) < 4.78 is 0. The molecule has 7 nitrogen and oxygen atoms in total. The first kappa shape index (κ1) is 12.4. The molecule has 0 bridgehead atoms. The Hall–Kier alpha value is -1.63. The molecule has 0 aromatic rings. The Morgan fingerprint density at radius 3 is 2.44 bits per heavy atom. The van der Waals surface area contributed by atoms with Crippen molar-refractivity contribution in [3.63, 3.8) is 0 Å². The molecule has 1 rings (SSSR count). The Balaban J connectivity index is 2.95. The van der Waals surface area contributed by atoms with Crippen molar-refractivity contribution in [3.05, 3.63) is 0 Å². The van der Waals surface area contributed by atoms with E-state index in [-0.39, 0.29) is 11.8 Å². The summed E-state index contributed by atoms with van der Waals surface area (Å²) >= 11 is 0. The van der Waals surface area contributed by atoms with Gasteiger partial charge in [-0.2, -0.15) is 0 Å². The van der Waals surface area contributed by atoms with E-state index in [0.29, 0.717) is 0 Å². The first-order valence-electron chi connectivity index (χ1n) is 5.03. The minimum absolute atomic E-state index is 0.0699. The lowest BCUT2D eigenvalue weighted by Gasteiger charge is -2.28. The molecule has 0 spiro atoms. The number of hydrogen-bond acceptors (Lipinski definition) is 4. The molecular formula is C9H16N4O3. The van der Waals surface area contributed by atoms with Crippen LogP contribution in [0.1, 0.15) is 20.8 Å². The molecule has 0 aromatic carbocycles. The highest BCUT2D eigenvalue weighted by Crippen LogP contribution is 2.19. The van der Waals surface area contributed by atoms with Crippen molar-refractivity contribution < 1.29 is 14.4 Å². The number of nitrogens with zero attached hydrogens (tertiary/aromatic N) is 1. The molecule has 2 unspecified atom stereocenters. The van der Waals surface area contributed by atoms with E-state index >= 15 is 0 Å². The Labute approximate surface area is 93.3 Å². The zero-order valence-corrected chi connectivity index (χ0v) is 9.48. The van der Waals surface area contributed by atoms with Crippen molar-refractivity contribution in [3.8, 4) is 0 Å². The molecule has 1 fully saturated rings. The van der Waals surface area contributed by atoms with Gasteiger partial charge in [-0.1, -0.05) is 13.8 Å². The summed E-state index contributed by atoms with van der Waals surface area (Å²) in [4.78, 5) is 35.6. The maximum Gasteiger partial charge on any atom is 0.325 e. The van der Waals surface area contributed by atoms with Crippen LogP contribution in [-0.4, -0.2) is 34.8 Å². The third kappa shape index (κ3) is 1.99. The van der Waals surface area contributed by atoms with Gasteiger partial charge in [-0.15, -0.1) is 0 Å². The van der Waals surface area contributed by atoms with Crippen LogP contribution in [0.25, 0.3) is 0 Å². The Kier molecular flexibility index (Phi) is 3.48. The summed E-state index contributed by atoms with van der Waals surface area (Å²) in [5.74, 6) is 4.05. The van der Waals surface area contributed by atoms with Gasteiger partial charge in [0.05, 0.1) is 0 Å². The molecule has 90 valence electrons. The Morgan fingerprint density at radius 2 is 2.00 bits per heavy atom. The predicted molar refractivity (Wildman–Crippen MR) is 55.8 cm³/mol. The number of imide groups is 1. The largest absolute Gasteiger partial charge is 0.325 e. The number of rotatable bonds is 3. The van der Waals surface area contributed by atoms with Crippen molar-refractivity contribution in [2.75, 3.05) is 0 Å². The average molecular weight is 228 g/mol. The molecule has 7 heteroatoms. The molecule has 0 saturated carbocycles. The number of nitrogens with one attached hydrogen (secondary N) is 2. The Bertz CT molecular complexity index is 329. The molecule has 1 saturated heterocycles. The van der Waals surface area contributed by atoms with Gasteiger partial charge in [-0.3, -0.25) is 20.3 Å². The third-order valence-electron chi connectivity index (χ3n) is 2.60. The first-order chi connectivity index (χ1) is 7.40. The van der Waals surface area contributed by atoms with E-state index < -0.39 is 24.0 Å². The second-order valence-electron chi connectivity index (χ2n) is 4.08. The fourth-order valence-corrected chi connectivity index (χ4v) is 1.78.